The minimum atomic E-state index is -4.70. The molecule has 0 aliphatic carbocycles. The first kappa shape index (κ1) is 23.6. The van der Waals surface area contributed by atoms with Gasteiger partial charge in [-0.05, 0) is 66.9 Å². The lowest BCUT2D eigenvalue weighted by atomic mass is 10.0. The zero-order valence-corrected chi connectivity index (χ0v) is 18.4. The smallest absolute Gasteiger partial charge is 0.350 e. The maximum Gasteiger partial charge on any atom is 0.435 e. The van der Waals surface area contributed by atoms with Crippen molar-refractivity contribution in [3.63, 3.8) is 0 Å². The number of aromatic nitrogens is 2. The Labute approximate surface area is 186 Å². The van der Waals surface area contributed by atoms with Gasteiger partial charge < -0.3 is 5.73 Å². The minimum absolute atomic E-state index is 0.125. The molecule has 0 spiro atoms. The normalized spacial score (nSPS) is 12.1. The third kappa shape index (κ3) is 4.74. The van der Waals surface area contributed by atoms with Crippen LogP contribution < -0.4 is 15.2 Å². The van der Waals surface area contributed by atoms with Gasteiger partial charge >= 0.3 is 12.2 Å². The van der Waals surface area contributed by atoms with Gasteiger partial charge in [0, 0.05) is 11.8 Å². The van der Waals surface area contributed by atoms with E-state index in [9.17, 15) is 26.4 Å². The highest BCUT2D eigenvalue weighted by atomic mass is 32.2. The van der Waals surface area contributed by atoms with Crippen LogP contribution in [0.1, 0.15) is 11.3 Å². The minimum Gasteiger partial charge on any atom is -0.350 e. The lowest BCUT2D eigenvalue weighted by Crippen LogP contribution is -2.29. The standard InChI is InChI=1S/C19H18F3N5O3S2/c1-11-9-13(27(31-2)18(23)28)5-8-15(11)16-10-17(19(20,21)22)25-26(16)12-3-6-14(7-4-12)32(24,29)30/h3-10H,1-2H3,(H2,23,28)(H2,24,29,30). The fourth-order valence-corrected chi connectivity index (χ4v) is 4.09. The Morgan fingerprint density at radius 1 is 1.12 bits per heavy atom. The molecule has 3 aromatic rings. The number of nitrogens with two attached hydrogens (primary N) is 2. The number of anilines is 1. The number of rotatable bonds is 5. The summed E-state index contributed by atoms with van der Waals surface area (Å²) < 4.78 is 65.5. The van der Waals surface area contributed by atoms with Crippen LogP contribution in [-0.2, 0) is 16.2 Å². The van der Waals surface area contributed by atoms with Crippen molar-refractivity contribution >= 4 is 33.7 Å². The lowest BCUT2D eigenvalue weighted by Gasteiger charge is -2.18. The molecule has 0 aliphatic rings. The van der Waals surface area contributed by atoms with E-state index in [1.165, 1.54) is 28.6 Å². The van der Waals surface area contributed by atoms with Gasteiger partial charge in [-0.15, -0.1) is 0 Å². The molecule has 13 heteroatoms. The highest BCUT2D eigenvalue weighted by Crippen LogP contribution is 2.36. The van der Waals surface area contributed by atoms with Crippen molar-refractivity contribution in [1.82, 2.24) is 9.78 Å². The SMILES string of the molecule is CSN(C(N)=O)c1ccc(-c2cc(C(F)(F)F)nn2-c2ccc(S(N)(=O)=O)cc2)c(C)c1. The lowest BCUT2D eigenvalue weighted by molar-refractivity contribution is -0.141. The van der Waals surface area contributed by atoms with Gasteiger partial charge in [-0.2, -0.15) is 18.3 Å². The zero-order chi connectivity index (χ0) is 23.8. The number of nitrogens with zero attached hydrogens (tertiary/aromatic N) is 3. The molecule has 1 aromatic heterocycles. The van der Waals surface area contributed by atoms with Crippen LogP contribution in [0.15, 0.2) is 53.4 Å². The van der Waals surface area contributed by atoms with Gasteiger partial charge in [0.1, 0.15) is 0 Å². The van der Waals surface area contributed by atoms with Crippen molar-refractivity contribution in [3.05, 3.63) is 59.8 Å². The highest BCUT2D eigenvalue weighted by Gasteiger charge is 2.35. The molecule has 8 nitrogen and oxygen atoms in total. The highest BCUT2D eigenvalue weighted by molar-refractivity contribution is 8.00. The molecule has 0 atom stereocenters. The van der Waals surface area contributed by atoms with Gasteiger partial charge in [0.05, 0.1) is 22.0 Å². The van der Waals surface area contributed by atoms with Crippen LogP contribution in [0.5, 0.6) is 0 Å². The molecule has 0 bridgehead atoms. The average molecular weight is 486 g/mol. The number of hydrogen-bond donors (Lipinski definition) is 2. The summed E-state index contributed by atoms with van der Waals surface area (Å²) in [6.45, 7) is 1.67. The predicted octanol–water partition coefficient (Wildman–Crippen LogP) is 3.68. The van der Waals surface area contributed by atoms with Gasteiger partial charge in [0.25, 0.3) is 0 Å². The van der Waals surface area contributed by atoms with Crippen molar-refractivity contribution in [3.8, 4) is 16.9 Å². The summed E-state index contributed by atoms with van der Waals surface area (Å²) in [5.41, 5.74) is 6.02. The number of hydrogen-bond acceptors (Lipinski definition) is 5. The van der Waals surface area contributed by atoms with Gasteiger partial charge in [-0.1, -0.05) is 6.07 Å². The van der Waals surface area contributed by atoms with Gasteiger partial charge in [-0.25, -0.2) is 27.3 Å². The quantitative estimate of drug-likeness (QED) is 0.534. The summed E-state index contributed by atoms with van der Waals surface area (Å²) >= 11 is 1.09. The number of carbonyl (C=O) groups is 1. The molecular weight excluding hydrogens is 467 g/mol. The van der Waals surface area contributed by atoms with Crippen molar-refractivity contribution in [1.29, 1.82) is 0 Å². The Bertz CT molecular complexity index is 1270. The van der Waals surface area contributed by atoms with E-state index in [1.54, 1.807) is 31.4 Å². The number of primary amides is 1. The number of alkyl halides is 3. The second kappa shape index (κ2) is 8.48. The molecule has 3 rings (SSSR count). The van der Waals surface area contributed by atoms with E-state index in [0.717, 1.165) is 22.7 Å². The van der Waals surface area contributed by atoms with Crippen molar-refractivity contribution < 1.29 is 26.4 Å². The third-order valence-corrected chi connectivity index (χ3v) is 6.20. The number of urea groups is 1. The largest absolute Gasteiger partial charge is 0.435 e. The third-order valence-electron chi connectivity index (χ3n) is 4.51. The molecule has 0 fully saturated rings. The van der Waals surface area contributed by atoms with E-state index in [2.05, 4.69) is 5.10 Å². The van der Waals surface area contributed by atoms with E-state index >= 15 is 0 Å². The van der Waals surface area contributed by atoms with Crippen molar-refractivity contribution in [2.75, 3.05) is 10.6 Å². The summed E-state index contributed by atoms with van der Waals surface area (Å²) in [5, 5.41) is 8.77. The maximum absolute atomic E-state index is 13.4. The predicted molar refractivity (Wildman–Crippen MR) is 116 cm³/mol. The van der Waals surface area contributed by atoms with Gasteiger partial charge in [0.2, 0.25) is 10.0 Å². The summed E-state index contributed by atoms with van der Waals surface area (Å²) in [5.74, 6) is 0. The zero-order valence-electron chi connectivity index (χ0n) is 16.8. The van der Waals surface area contributed by atoms with Crippen LogP contribution in [0.3, 0.4) is 0 Å². The Kier molecular flexibility index (Phi) is 6.26. The number of benzene rings is 2. The molecule has 2 aromatic carbocycles. The molecule has 0 unspecified atom stereocenters. The second-order valence-corrected chi connectivity index (χ2v) is 8.97. The molecule has 0 saturated carbocycles. The number of aryl methyl sites for hydroxylation is 1. The first-order valence-electron chi connectivity index (χ1n) is 8.88. The summed E-state index contributed by atoms with van der Waals surface area (Å²) in [4.78, 5) is 11.4. The van der Waals surface area contributed by atoms with Crippen molar-refractivity contribution in [2.24, 2.45) is 10.9 Å². The van der Waals surface area contributed by atoms with Crippen LogP contribution in [0.4, 0.5) is 23.7 Å². The molecule has 170 valence electrons. The number of sulfonamides is 1. The number of primary sulfonamides is 1. The molecule has 0 radical (unpaired) electrons. The Morgan fingerprint density at radius 3 is 2.22 bits per heavy atom. The van der Waals surface area contributed by atoms with Crippen LogP contribution in [-0.4, -0.2) is 30.5 Å². The molecule has 0 aliphatic heterocycles. The summed E-state index contributed by atoms with van der Waals surface area (Å²) in [6.07, 6.45) is -3.04. The van der Waals surface area contributed by atoms with E-state index in [1.807, 2.05) is 0 Å². The van der Waals surface area contributed by atoms with E-state index in [4.69, 9.17) is 10.9 Å². The molecule has 4 N–H and O–H groups in total. The molecule has 1 heterocycles. The van der Waals surface area contributed by atoms with E-state index in [0.29, 0.717) is 16.8 Å². The first-order chi connectivity index (χ1) is 14.8. The average Bonchev–Trinajstić information content (AvgIpc) is 3.13. The van der Waals surface area contributed by atoms with Crippen LogP contribution in [0.25, 0.3) is 16.9 Å². The number of amides is 2. The van der Waals surface area contributed by atoms with Crippen LogP contribution in [0, 0.1) is 6.92 Å². The Hall–Kier alpha value is -3.03. The monoisotopic (exact) mass is 485 g/mol. The fraction of sp³-hybridized carbons (Fsp3) is 0.158. The molecule has 0 saturated heterocycles. The van der Waals surface area contributed by atoms with Gasteiger partial charge in [0.15, 0.2) is 5.69 Å². The Morgan fingerprint density at radius 2 is 1.75 bits per heavy atom. The van der Waals surface area contributed by atoms with Crippen molar-refractivity contribution in [2.45, 2.75) is 18.0 Å². The first-order valence-corrected chi connectivity index (χ1v) is 11.6. The summed E-state index contributed by atoms with van der Waals surface area (Å²) in [7, 11) is -3.97. The molecule has 2 amide bonds. The fourth-order valence-electron chi connectivity index (χ4n) is 3.07. The second-order valence-electron chi connectivity index (χ2n) is 6.68. The van der Waals surface area contributed by atoms with E-state index < -0.39 is 27.9 Å². The Balaban J connectivity index is 2.16. The van der Waals surface area contributed by atoms with Crippen LogP contribution in [0.2, 0.25) is 0 Å². The molecule has 32 heavy (non-hydrogen) atoms. The van der Waals surface area contributed by atoms with E-state index in [-0.39, 0.29) is 16.3 Å². The maximum atomic E-state index is 13.4. The van der Waals surface area contributed by atoms with Gasteiger partial charge in [-0.3, -0.25) is 0 Å². The van der Waals surface area contributed by atoms with Crippen LogP contribution >= 0.6 is 11.9 Å². The number of carbonyl (C=O) groups excluding carboxylic acids is 1. The topological polar surface area (TPSA) is 124 Å². The summed E-state index contributed by atoms with van der Waals surface area (Å²) in [6, 6.07) is 9.92. The molecular formula is C19H18F3N5O3S2. The number of halogens is 3.